The molecule has 2 aromatic heterocycles. The number of aryl methyl sites for hydroxylation is 2. The van der Waals surface area contributed by atoms with Crippen molar-refractivity contribution in [2.75, 3.05) is 0 Å². The van der Waals surface area contributed by atoms with Gasteiger partial charge in [0, 0.05) is 23.5 Å². The number of rotatable bonds is 32. The molecule has 3 nitrogen and oxygen atoms in total. The Labute approximate surface area is 411 Å². The Morgan fingerprint density at radius 2 is 0.731 bits per heavy atom. The average Bonchev–Trinajstić information content (AvgIpc) is 3.37. The third-order valence-electron chi connectivity index (χ3n) is 16.2. The molecule has 0 aliphatic heterocycles. The van der Waals surface area contributed by atoms with Gasteiger partial charge < -0.3 is 4.74 Å². The minimum atomic E-state index is 0.0831. The highest BCUT2D eigenvalue weighted by molar-refractivity contribution is 5.60. The molecule has 0 amide bonds. The van der Waals surface area contributed by atoms with Gasteiger partial charge in [-0.3, -0.25) is 9.97 Å². The van der Waals surface area contributed by atoms with E-state index in [1.165, 1.54) is 226 Å². The summed E-state index contributed by atoms with van der Waals surface area (Å²) in [7, 11) is 0. The van der Waals surface area contributed by atoms with Gasteiger partial charge in [0.25, 0.3) is 0 Å². The van der Waals surface area contributed by atoms with E-state index in [-0.39, 0.29) is 12.2 Å². The highest BCUT2D eigenvalue weighted by atomic mass is 16.5. The van der Waals surface area contributed by atoms with Crippen LogP contribution in [0.3, 0.4) is 0 Å². The molecule has 3 heteroatoms. The molecule has 0 saturated heterocycles. The van der Waals surface area contributed by atoms with E-state index in [0.717, 1.165) is 36.1 Å². The van der Waals surface area contributed by atoms with Gasteiger partial charge in [0.1, 0.15) is 0 Å². The molecule has 0 spiro atoms. The highest BCUT2D eigenvalue weighted by Gasteiger charge is 2.36. The topological polar surface area (TPSA) is 35.0 Å². The fourth-order valence-electron chi connectivity index (χ4n) is 11.8. The van der Waals surface area contributed by atoms with Gasteiger partial charge in [-0.15, -0.1) is 0 Å². The zero-order valence-corrected chi connectivity index (χ0v) is 43.5. The summed E-state index contributed by atoms with van der Waals surface area (Å²) in [6.07, 6.45) is 46.9. The van der Waals surface area contributed by atoms with E-state index in [2.05, 4.69) is 113 Å². The smallest absolute Gasteiger partial charge is 0.0861 e. The Morgan fingerprint density at radius 3 is 1.06 bits per heavy atom. The third kappa shape index (κ3) is 18.2. The maximum Gasteiger partial charge on any atom is 0.0861 e. The predicted octanol–water partition coefficient (Wildman–Crippen LogP) is 20.0. The zero-order valence-electron chi connectivity index (χ0n) is 43.5. The average molecular weight is 909 g/mol. The molecule has 6 rings (SSSR count). The Hall–Kier alpha value is -3.30. The van der Waals surface area contributed by atoms with Crippen molar-refractivity contribution in [1.82, 2.24) is 9.97 Å². The van der Waals surface area contributed by atoms with E-state index in [9.17, 15) is 0 Å². The van der Waals surface area contributed by atoms with Crippen LogP contribution in [0.5, 0.6) is 0 Å². The number of nitrogens with zero attached hydrogens (tertiary/aromatic N) is 2. The van der Waals surface area contributed by atoms with Crippen LogP contribution in [0, 0.1) is 23.7 Å². The lowest BCUT2D eigenvalue weighted by molar-refractivity contribution is -0.0907. The maximum atomic E-state index is 7.84. The third-order valence-corrected chi connectivity index (χ3v) is 16.2. The molecule has 2 heterocycles. The van der Waals surface area contributed by atoms with Crippen LogP contribution in [0.1, 0.15) is 255 Å². The van der Waals surface area contributed by atoms with Gasteiger partial charge in [0.05, 0.1) is 23.6 Å². The van der Waals surface area contributed by atoms with Crippen LogP contribution in [-0.2, 0) is 17.6 Å². The first-order valence-electron chi connectivity index (χ1n) is 28.8. The van der Waals surface area contributed by atoms with Crippen LogP contribution < -0.4 is 0 Å². The lowest BCUT2D eigenvalue weighted by Crippen LogP contribution is -2.28. The van der Waals surface area contributed by atoms with Gasteiger partial charge in [0.15, 0.2) is 0 Å². The molecule has 2 aromatic carbocycles. The molecule has 2 aliphatic rings. The second kappa shape index (κ2) is 31.0. The van der Waals surface area contributed by atoms with Gasteiger partial charge in [-0.05, 0) is 109 Å². The number of ether oxygens (including phenoxy) is 1. The van der Waals surface area contributed by atoms with Crippen LogP contribution in [-0.4, -0.2) is 9.97 Å². The quantitative estimate of drug-likeness (QED) is 0.0458. The van der Waals surface area contributed by atoms with Gasteiger partial charge >= 0.3 is 0 Å². The molecule has 0 bridgehead atoms. The van der Waals surface area contributed by atoms with Crippen LogP contribution in [0.25, 0.3) is 22.5 Å². The SMILES string of the molecule is CCCCCCCc1ccc(-c2ccc(C(OC(c3ccc(-c4ccc(CCCCCCC)cn4)cc3)C3CCC(CCCCCCC)CC3)C3CCC(CCCCCCC)CC3)cc2)nc1. The Kier molecular flexibility index (Phi) is 24.6. The predicted molar refractivity (Wildman–Crippen MR) is 288 cm³/mol. The van der Waals surface area contributed by atoms with E-state index in [1.807, 2.05) is 0 Å². The van der Waals surface area contributed by atoms with Crippen LogP contribution >= 0.6 is 0 Å². The second-order valence-corrected chi connectivity index (χ2v) is 21.6. The summed E-state index contributed by atoms with van der Waals surface area (Å²) >= 11 is 0. The maximum absolute atomic E-state index is 7.84. The fraction of sp³-hybridized carbons (Fsp3) is 0.656. The van der Waals surface area contributed by atoms with Crippen molar-refractivity contribution in [3.8, 4) is 22.5 Å². The molecular formula is C64H96N2O. The van der Waals surface area contributed by atoms with Crippen molar-refractivity contribution in [3.05, 3.63) is 107 Å². The van der Waals surface area contributed by atoms with Crippen molar-refractivity contribution >= 4 is 0 Å². The van der Waals surface area contributed by atoms with Gasteiger partial charge in [0.2, 0.25) is 0 Å². The van der Waals surface area contributed by atoms with E-state index >= 15 is 0 Å². The lowest BCUT2D eigenvalue weighted by atomic mass is 9.74. The lowest BCUT2D eigenvalue weighted by Gasteiger charge is -2.40. The van der Waals surface area contributed by atoms with Gasteiger partial charge in [-0.25, -0.2) is 0 Å². The van der Waals surface area contributed by atoms with Gasteiger partial charge in [-0.1, -0.05) is 242 Å². The first-order valence-corrected chi connectivity index (χ1v) is 28.8. The monoisotopic (exact) mass is 909 g/mol. The summed E-state index contributed by atoms with van der Waals surface area (Å²) in [5, 5.41) is 0. The number of hydrogen-bond acceptors (Lipinski definition) is 3. The molecule has 0 N–H and O–H groups in total. The fourth-order valence-corrected chi connectivity index (χ4v) is 11.8. The summed E-state index contributed by atoms with van der Waals surface area (Å²) in [6, 6.07) is 28.1. The number of pyridine rings is 2. The molecule has 368 valence electrons. The first kappa shape index (κ1) is 53.1. The molecule has 67 heavy (non-hydrogen) atoms. The van der Waals surface area contributed by atoms with Crippen LogP contribution in [0.15, 0.2) is 85.2 Å². The first-order chi connectivity index (χ1) is 33.1. The largest absolute Gasteiger partial charge is 0.365 e. The Bertz CT molecular complexity index is 1700. The van der Waals surface area contributed by atoms with Crippen molar-refractivity contribution in [2.45, 2.75) is 245 Å². The van der Waals surface area contributed by atoms with E-state index in [1.54, 1.807) is 0 Å². The van der Waals surface area contributed by atoms with Crippen molar-refractivity contribution < 1.29 is 4.74 Å². The summed E-state index contributed by atoms with van der Waals surface area (Å²) in [4.78, 5) is 9.96. The molecule has 2 aliphatic carbocycles. The van der Waals surface area contributed by atoms with Gasteiger partial charge in [-0.2, -0.15) is 0 Å². The number of unbranched alkanes of at least 4 members (excludes halogenated alkanes) is 16. The summed E-state index contributed by atoms with van der Waals surface area (Å²) in [5.74, 6) is 2.82. The molecule has 2 unspecified atom stereocenters. The summed E-state index contributed by atoms with van der Waals surface area (Å²) in [5.41, 5.74) is 9.99. The molecule has 2 saturated carbocycles. The summed E-state index contributed by atoms with van der Waals surface area (Å²) in [6.45, 7) is 9.23. The number of hydrogen-bond donors (Lipinski definition) is 0. The normalized spacial score (nSPS) is 19.6. The number of aromatic nitrogens is 2. The summed E-state index contributed by atoms with van der Waals surface area (Å²) < 4.78 is 7.84. The van der Waals surface area contributed by atoms with Crippen molar-refractivity contribution in [1.29, 1.82) is 0 Å². The number of benzene rings is 2. The van der Waals surface area contributed by atoms with E-state index < -0.39 is 0 Å². The minimum Gasteiger partial charge on any atom is -0.365 e. The molecule has 2 fully saturated rings. The van der Waals surface area contributed by atoms with Crippen molar-refractivity contribution in [2.24, 2.45) is 23.7 Å². The zero-order chi connectivity index (χ0) is 46.7. The molecule has 4 aromatic rings. The van der Waals surface area contributed by atoms with Crippen LogP contribution in [0.2, 0.25) is 0 Å². The minimum absolute atomic E-state index is 0.0831. The van der Waals surface area contributed by atoms with E-state index in [4.69, 9.17) is 14.7 Å². The molecule has 2 atom stereocenters. The Balaban J connectivity index is 1.20. The van der Waals surface area contributed by atoms with Crippen LogP contribution in [0.4, 0.5) is 0 Å². The standard InChI is InChI=1S/C64H96N2O/c1-5-9-13-17-21-25-51-29-35-57(36-30-51)63(59-43-39-55(40-44-59)61-47-33-53(49-65-61)27-23-19-15-11-7-3)67-64(58-37-31-52(32-38-58)26-22-18-14-10-6-2)60-45-41-56(42-46-60)62-48-34-54(50-66-62)28-24-20-16-12-8-4/h33-34,39-52,57-58,63-64H,5-32,35-38H2,1-4H3. The second-order valence-electron chi connectivity index (χ2n) is 21.6. The molecule has 0 radical (unpaired) electrons. The Morgan fingerprint density at radius 1 is 0.388 bits per heavy atom. The molecular weight excluding hydrogens is 813 g/mol. The van der Waals surface area contributed by atoms with Crippen molar-refractivity contribution in [3.63, 3.8) is 0 Å². The highest BCUT2D eigenvalue weighted by Crippen LogP contribution is 2.47. The van der Waals surface area contributed by atoms with E-state index in [0.29, 0.717) is 11.8 Å².